The molecule has 1 N–H and O–H groups in total. The lowest BCUT2D eigenvalue weighted by molar-refractivity contribution is 0.00988. The van der Waals surface area contributed by atoms with Gasteiger partial charge in [0.05, 0.1) is 29.3 Å². The summed E-state index contributed by atoms with van der Waals surface area (Å²) in [6, 6.07) is 8.06. The third-order valence-corrected chi connectivity index (χ3v) is 5.40. The highest BCUT2D eigenvalue weighted by Gasteiger charge is 2.42. The highest BCUT2D eigenvalue weighted by Crippen LogP contribution is 2.40. The fourth-order valence-electron chi connectivity index (χ4n) is 4.23. The standard InChI is InChI=1S/C20H24N2O2/c1-13-5-6-18-16(9-13)17(10-14(2)21-18)19(23)22-15-11-20(24-12-15)7-3-4-8-20/h5-6,9-10,15H,3-4,7-8,11-12H2,1-2H3,(H,22,23). The van der Waals surface area contributed by atoms with E-state index in [4.69, 9.17) is 4.74 Å². The van der Waals surface area contributed by atoms with Gasteiger partial charge in [0.1, 0.15) is 0 Å². The van der Waals surface area contributed by atoms with Gasteiger partial charge in [0.15, 0.2) is 0 Å². The third-order valence-electron chi connectivity index (χ3n) is 5.40. The molecule has 1 saturated heterocycles. The van der Waals surface area contributed by atoms with Crippen molar-refractivity contribution in [2.24, 2.45) is 0 Å². The highest BCUT2D eigenvalue weighted by molar-refractivity contribution is 6.06. The number of rotatable bonds is 2. The molecule has 2 heterocycles. The van der Waals surface area contributed by atoms with Gasteiger partial charge >= 0.3 is 0 Å². The van der Waals surface area contributed by atoms with Crippen LogP contribution in [0.25, 0.3) is 10.9 Å². The van der Waals surface area contributed by atoms with Gasteiger partial charge in [-0.3, -0.25) is 9.78 Å². The number of benzene rings is 1. The van der Waals surface area contributed by atoms with E-state index in [1.807, 2.05) is 38.1 Å². The number of pyridine rings is 1. The number of fused-ring (bicyclic) bond motifs is 1. The summed E-state index contributed by atoms with van der Waals surface area (Å²) in [6.45, 7) is 4.60. The van der Waals surface area contributed by atoms with Crippen molar-refractivity contribution < 1.29 is 9.53 Å². The topological polar surface area (TPSA) is 51.2 Å². The Morgan fingerprint density at radius 1 is 1.25 bits per heavy atom. The van der Waals surface area contributed by atoms with Gasteiger partial charge < -0.3 is 10.1 Å². The zero-order valence-electron chi connectivity index (χ0n) is 14.4. The van der Waals surface area contributed by atoms with Crippen LogP contribution in [0.15, 0.2) is 24.3 Å². The smallest absolute Gasteiger partial charge is 0.252 e. The van der Waals surface area contributed by atoms with Gasteiger partial charge in [0, 0.05) is 11.1 Å². The van der Waals surface area contributed by atoms with Gasteiger partial charge in [-0.15, -0.1) is 0 Å². The minimum absolute atomic E-state index is 0.0141. The Hall–Kier alpha value is -1.94. The summed E-state index contributed by atoms with van der Waals surface area (Å²) < 4.78 is 6.05. The van der Waals surface area contributed by atoms with Gasteiger partial charge in [-0.05, 0) is 51.3 Å². The molecule has 1 aromatic carbocycles. The normalized spacial score (nSPS) is 22.3. The molecule has 4 nitrogen and oxygen atoms in total. The Kier molecular flexibility index (Phi) is 3.80. The van der Waals surface area contributed by atoms with Crippen molar-refractivity contribution in [3.63, 3.8) is 0 Å². The van der Waals surface area contributed by atoms with Crippen molar-refractivity contribution in [3.8, 4) is 0 Å². The average Bonchev–Trinajstić information content (AvgIpc) is 3.17. The third kappa shape index (κ3) is 2.80. The maximum absolute atomic E-state index is 12.9. The van der Waals surface area contributed by atoms with Crippen molar-refractivity contribution >= 4 is 16.8 Å². The first kappa shape index (κ1) is 15.6. The molecule has 1 aliphatic heterocycles. The summed E-state index contributed by atoms with van der Waals surface area (Å²) >= 11 is 0. The fraction of sp³-hybridized carbons (Fsp3) is 0.500. The van der Waals surface area contributed by atoms with E-state index < -0.39 is 0 Å². The Bertz CT molecular complexity index is 794. The van der Waals surface area contributed by atoms with Crippen molar-refractivity contribution in [1.82, 2.24) is 10.3 Å². The molecule has 4 rings (SSSR count). The second-order valence-corrected chi connectivity index (χ2v) is 7.41. The molecular weight excluding hydrogens is 300 g/mol. The van der Waals surface area contributed by atoms with Crippen LogP contribution in [-0.4, -0.2) is 29.1 Å². The number of aryl methyl sites for hydroxylation is 2. The molecule has 2 fully saturated rings. The molecule has 24 heavy (non-hydrogen) atoms. The molecule has 1 amide bonds. The first-order chi connectivity index (χ1) is 11.5. The molecule has 4 heteroatoms. The number of carbonyl (C=O) groups excluding carboxylic acids is 1. The first-order valence-electron chi connectivity index (χ1n) is 8.88. The quantitative estimate of drug-likeness (QED) is 0.917. The lowest BCUT2D eigenvalue weighted by Crippen LogP contribution is -2.36. The summed E-state index contributed by atoms with van der Waals surface area (Å²) in [5.41, 5.74) is 3.63. The van der Waals surface area contributed by atoms with Crippen LogP contribution >= 0.6 is 0 Å². The predicted molar refractivity (Wildman–Crippen MR) is 94.2 cm³/mol. The van der Waals surface area contributed by atoms with E-state index in [1.165, 1.54) is 12.8 Å². The molecule has 0 bridgehead atoms. The van der Waals surface area contributed by atoms with Crippen LogP contribution in [0.5, 0.6) is 0 Å². The van der Waals surface area contributed by atoms with Gasteiger partial charge in [-0.1, -0.05) is 24.5 Å². The highest BCUT2D eigenvalue weighted by atomic mass is 16.5. The average molecular weight is 324 g/mol. The SMILES string of the molecule is Cc1ccc2nc(C)cc(C(=O)NC3COC4(CCCC4)C3)c2c1. The molecule has 2 aliphatic rings. The van der Waals surface area contributed by atoms with Gasteiger partial charge in [-0.2, -0.15) is 0 Å². The van der Waals surface area contributed by atoms with Crippen LogP contribution in [0.2, 0.25) is 0 Å². The van der Waals surface area contributed by atoms with E-state index in [-0.39, 0.29) is 17.6 Å². The second-order valence-electron chi connectivity index (χ2n) is 7.41. The minimum atomic E-state index is -0.0141. The van der Waals surface area contributed by atoms with Crippen LogP contribution in [0.4, 0.5) is 0 Å². The van der Waals surface area contributed by atoms with Crippen LogP contribution in [-0.2, 0) is 4.74 Å². The van der Waals surface area contributed by atoms with Crippen molar-refractivity contribution in [3.05, 3.63) is 41.1 Å². The van der Waals surface area contributed by atoms with Crippen LogP contribution in [0, 0.1) is 13.8 Å². The summed E-state index contributed by atoms with van der Waals surface area (Å²) in [5.74, 6) is -0.0141. The molecular formula is C20H24N2O2. The Morgan fingerprint density at radius 3 is 2.83 bits per heavy atom. The lowest BCUT2D eigenvalue weighted by Gasteiger charge is -2.21. The Morgan fingerprint density at radius 2 is 2.04 bits per heavy atom. The van der Waals surface area contributed by atoms with E-state index in [1.54, 1.807) is 0 Å². The number of aromatic nitrogens is 1. The van der Waals surface area contributed by atoms with E-state index in [0.29, 0.717) is 12.2 Å². The molecule has 126 valence electrons. The summed E-state index contributed by atoms with van der Waals surface area (Å²) in [7, 11) is 0. The maximum atomic E-state index is 12.9. The molecule has 1 aliphatic carbocycles. The van der Waals surface area contributed by atoms with E-state index in [0.717, 1.165) is 41.4 Å². The number of nitrogens with one attached hydrogen (secondary N) is 1. The molecule has 2 aromatic rings. The predicted octanol–water partition coefficient (Wildman–Crippen LogP) is 3.68. The first-order valence-corrected chi connectivity index (χ1v) is 8.88. The summed E-state index contributed by atoms with van der Waals surface area (Å²) in [6.07, 6.45) is 5.70. The number of hydrogen-bond donors (Lipinski definition) is 1. The molecule has 1 saturated carbocycles. The number of hydrogen-bond acceptors (Lipinski definition) is 3. The summed E-state index contributed by atoms with van der Waals surface area (Å²) in [5, 5.41) is 4.12. The zero-order valence-corrected chi connectivity index (χ0v) is 14.4. The second kappa shape index (κ2) is 5.85. The Labute approximate surface area is 142 Å². The number of nitrogens with zero attached hydrogens (tertiary/aromatic N) is 1. The van der Waals surface area contributed by atoms with Gasteiger partial charge in [-0.25, -0.2) is 0 Å². The Balaban J connectivity index is 1.58. The minimum Gasteiger partial charge on any atom is -0.373 e. The van der Waals surface area contributed by atoms with Gasteiger partial charge in [0.25, 0.3) is 5.91 Å². The van der Waals surface area contributed by atoms with Crippen LogP contribution in [0.3, 0.4) is 0 Å². The largest absolute Gasteiger partial charge is 0.373 e. The number of ether oxygens (including phenoxy) is 1. The number of amides is 1. The van der Waals surface area contributed by atoms with Crippen molar-refractivity contribution in [1.29, 1.82) is 0 Å². The lowest BCUT2D eigenvalue weighted by atomic mass is 9.96. The van der Waals surface area contributed by atoms with E-state index >= 15 is 0 Å². The van der Waals surface area contributed by atoms with Crippen LogP contribution < -0.4 is 5.32 Å². The molecule has 1 unspecified atom stereocenters. The maximum Gasteiger partial charge on any atom is 0.252 e. The number of carbonyl (C=O) groups is 1. The van der Waals surface area contributed by atoms with Crippen molar-refractivity contribution in [2.75, 3.05) is 6.61 Å². The monoisotopic (exact) mass is 324 g/mol. The molecule has 0 radical (unpaired) electrons. The molecule has 1 atom stereocenters. The van der Waals surface area contributed by atoms with E-state index in [2.05, 4.69) is 10.3 Å². The fourth-order valence-corrected chi connectivity index (χ4v) is 4.23. The van der Waals surface area contributed by atoms with Crippen LogP contribution in [0.1, 0.15) is 53.7 Å². The van der Waals surface area contributed by atoms with Crippen molar-refractivity contribution in [2.45, 2.75) is 57.6 Å². The molecule has 1 aromatic heterocycles. The zero-order chi connectivity index (χ0) is 16.7. The molecule has 1 spiro atoms. The summed E-state index contributed by atoms with van der Waals surface area (Å²) in [4.78, 5) is 17.4. The van der Waals surface area contributed by atoms with Gasteiger partial charge in [0.2, 0.25) is 0 Å². The van der Waals surface area contributed by atoms with E-state index in [9.17, 15) is 4.79 Å².